The zero-order valence-corrected chi connectivity index (χ0v) is 16.8. The van der Waals surface area contributed by atoms with Gasteiger partial charge in [0.1, 0.15) is 0 Å². The van der Waals surface area contributed by atoms with E-state index in [4.69, 9.17) is 14.2 Å². The molecule has 0 saturated carbocycles. The first-order valence-electron chi connectivity index (χ1n) is 9.36. The van der Waals surface area contributed by atoms with Crippen molar-refractivity contribution in [2.75, 3.05) is 39.7 Å². The Kier molecular flexibility index (Phi) is 6.66. The highest BCUT2D eigenvalue weighted by Gasteiger charge is 2.25. The Morgan fingerprint density at radius 3 is 2.31 bits per heavy atom. The molecule has 1 aliphatic heterocycles. The predicted molar refractivity (Wildman–Crippen MR) is 108 cm³/mol. The quantitative estimate of drug-likeness (QED) is 0.803. The molecule has 0 atom stereocenters. The number of nitrogens with one attached hydrogen (secondary N) is 1. The van der Waals surface area contributed by atoms with Crippen LogP contribution in [0.2, 0.25) is 0 Å². The fourth-order valence-electron chi connectivity index (χ4n) is 3.36. The molecular formula is C21H25N3O5. The molecule has 8 heteroatoms. The maximum Gasteiger partial charge on any atom is 0.255 e. The van der Waals surface area contributed by atoms with E-state index in [1.807, 2.05) is 0 Å². The number of benzene rings is 1. The van der Waals surface area contributed by atoms with Crippen LogP contribution in [0.4, 0.5) is 5.69 Å². The maximum absolute atomic E-state index is 13.0. The molecule has 0 radical (unpaired) electrons. The van der Waals surface area contributed by atoms with E-state index in [2.05, 4.69) is 10.3 Å². The summed E-state index contributed by atoms with van der Waals surface area (Å²) in [6, 6.07) is 6.46. The second-order valence-electron chi connectivity index (χ2n) is 6.68. The summed E-state index contributed by atoms with van der Waals surface area (Å²) in [6.45, 7) is 1.23. The van der Waals surface area contributed by atoms with Crippen LogP contribution in [0.5, 0.6) is 11.5 Å². The van der Waals surface area contributed by atoms with Crippen molar-refractivity contribution < 1.29 is 23.8 Å². The molecule has 2 aromatic rings. The van der Waals surface area contributed by atoms with E-state index in [-0.39, 0.29) is 17.9 Å². The first kappa shape index (κ1) is 20.6. The molecule has 1 aromatic carbocycles. The van der Waals surface area contributed by atoms with Crippen LogP contribution in [-0.4, -0.2) is 62.2 Å². The molecule has 1 N–H and O–H groups in total. The molecule has 154 valence electrons. The van der Waals surface area contributed by atoms with Crippen molar-refractivity contribution in [1.29, 1.82) is 0 Å². The van der Waals surface area contributed by atoms with Gasteiger partial charge in [-0.25, -0.2) is 0 Å². The number of nitrogens with zero attached hydrogens (tertiary/aromatic N) is 2. The third kappa shape index (κ3) is 4.65. The Bertz CT molecular complexity index is 864. The van der Waals surface area contributed by atoms with Gasteiger partial charge in [-0.05, 0) is 37.1 Å². The molecule has 3 rings (SSSR count). The third-order valence-corrected chi connectivity index (χ3v) is 4.98. The van der Waals surface area contributed by atoms with E-state index in [0.717, 1.165) is 12.8 Å². The molecule has 1 aromatic heterocycles. The van der Waals surface area contributed by atoms with Crippen molar-refractivity contribution in [2.24, 2.45) is 0 Å². The summed E-state index contributed by atoms with van der Waals surface area (Å²) in [5, 5.41) is 2.80. The van der Waals surface area contributed by atoms with Gasteiger partial charge in [0, 0.05) is 43.7 Å². The summed E-state index contributed by atoms with van der Waals surface area (Å²) in [5.41, 5.74) is 1.23. The number of likely N-dealkylation sites (tertiary alicyclic amines) is 1. The van der Waals surface area contributed by atoms with E-state index in [9.17, 15) is 9.59 Å². The van der Waals surface area contributed by atoms with Gasteiger partial charge in [0.05, 0.1) is 26.0 Å². The molecule has 2 heterocycles. The fourth-order valence-corrected chi connectivity index (χ4v) is 3.36. The maximum atomic E-state index is 13.0. The minimum Gasteiger partial charge on any atom is -0.493 e. The van der Waals surface area contributed by atoms with E-state index < -0.39 is 0 Å². The lowest BCUT2D eigenvalue weighted by molar-refractivity contribution is 0.0350. The number of rotatable bonds is 6. The zero-order chi connectivity index (χ0) is 20.8. The number of aromatic nitrogens is 1. The number of pyridine rings is 1. The highest BCUT2D eigenvalue weighted by atomic mass is 16.5. The lowest BCUT2D eigenvalue weighted by atomic mass is 10.1. The number of amides is 2. The van der Waals surface area contributed by atoms with E-state index in [0.29, 0.717) is 41.4 Å². The van der Waals surface area contributed by atoms with Gasteiger partial charge in [0.2, 0.25) is 0 Å². The minimum atomic E-state index is -0.335. The molecule has 1 fully saturated rings. The van der Waals surface area contributed by atoms with Gasteiger partial charge in [0.15, 0.2) is 11.5 Å². The number of piperidine rings is 1. The van der Waals surface area contributed by atoms with Crippen molar-refractivity contribution in [3.8, 4) is 11.5 Å². The topological polar surface area (TPSA) is 90.0 Å². The van der Waals surface area contributed by atoms with Gasteiger partial charge < -0.3 is 24.4 Å². The van der Waals surface area contributed by atoms with Crippen LogP contribution in [0.3, 0.4) is 0 Å². The van der Waals surface area contributed by atoms with Gasteiger partial charge in [-0.15, -0.1) is 0 Å². The number of hydrogen-bond acceptors (Lipinski definition) is 6. The van der Waals surface area contributed by atoms with Gasteiger partial charge in [0.25, 0.3) is 11.8 Å². The molecule has 0 bridgehead atoms. The smallest absolute Gasteiger partial charge is 0.255 e. The van der Waals surface area contributed by atoms with Crippen molar-refractivity contribution in [3.05, 3.63) is 47.8 Å². The van der Waals surface area contributed by atoms with Crippen LogP contribution >= 0.6 is 0 Å². The molecule has 0 unspecified atom stereocenters. The molecule has 2 amide bonds. The molecule has 0 aliphatic carbocycles. The average Bonchev–Trinajstić information content (AvgIpc) is 2.78. The third-order valence-electron chi connectivity index (χ3n) is 4.98. The van der Waals surface area contributed by atoms with Crippen LogP contribution in [0.1, 0.15) is 33.6 Å². The Hall–Kier alpha value is -3.13. The van der Waals surface area contributed by atoms with Crippen LogP contribution in [-0.2, 0) is 4.74 Å². The average molecular weight is 399 g/mol. The number of anilines is 1. The van der Waals surface area contributed by atoms with E-state index in [1.54, 1.807) is 36.3 Å². The second kappa shape index (κ2) is 9.38. The number of methoxy groups -OCH3 is 3. The summed E-state index contributed by atoms with van der Waals surface area (Å²) in [6.07, 6.45) is 4.84. The molecule has 1 saturated heterocycles. The van der Waals surface area contributed by atoms with Crippen LogP contribution in [0, 0.1) is 0 Å². The first-order chi connectivity index (χ1) is 14.1. The van der Waals surface area contributed by atoms with Gasteiger partial charge in [-0.2, -0.15) is 0 Å². The van der Waals surface area contributed by atoms with Crippen LogP contribution in [0.15, 0.2) is 36.7 Å². The van der Waals surface area contributed by atoms with Crippen LogP contribution in [0.25, 0.3) is 0 Å². The lowest BCUT2D eigenvalue weighted by Crippen LogP contribution is -2.40. The van der Waals surface area contributed by atoms with E-state index in [1.165, 1.54) is 26.6 Å². The zero-order valence-electron chi connectivity index (χ0n) is 16.8. The SMILES string of the molecule is COc1cc(C(=O)N2CCC(OC)CC2)cc(NC(=O)c2ccncc2)c1OC. The summed E-state index contributed by atoms with van der Waals surface area (Å²) >= 11 is 0. The van der Waals surface area contributed by atoms with Crippen molar-refractivity contribution in [3.63, 3.8) is 0 Å². The molecule has 8 nitrogen and oxygen atoms in total. The van der Waals surface area contributed by atoms with Crippen molar-refractivity contribution in [1.82, 2.24) is 9.88 Å². The number of carbonyl (C=O) groups excluding carboxylic acids is 2. The normalized spacial score (nSPS) is 14.4. The number of hydrogen-bond donors (Lipinski definition) is 1. The summed E-state index contributed by atoms with van der Waals surface area (Å²) < 4.78 is 16.2. The summed E-state index contributed by atoms with van der Waals surface area (Å²) in [4.78, 5) is 31.3. The molecule has 0 spiro atoms. The van der Waals surface area contributed by atoms with E-state index >= 15 is 0 Å². The number of carbonyl (C=O) groups is 2. The van der Waals surface area contributed by atoms with Gasteiger partial charge in [-0.1, -0.05) is 0 Å². The van der Waals surface area contributed by atoms with Crippen molar-refractivity contribution in [2.45, 2.75) is 18.9 Å². The van der Waals surface area contributed by atoms with Gasteiger partial charge >= 0.3 is 0 Å². The highest BCUT2D eigenvalue weighted by Crippen LogP contribution is 2.37. The molecule has 1 aliphatic rings. The first-order valence-corrected chi connectivity index (χ1v) is 9.36. The summed E-state index contributed by atoms with van der Waals surface area (Å²) in [5.74, 6) is 0.262. The lowest BCUT2D eigenvalue weighted by Gasteiger charge is -2.31. The second-order valence-corrected chi connectivity index (χ2v) is 6.68. The fraction of sp³-hybridized carbons (Fsp3) is 0.381. The Labute approximate surface area is 169 Å². The Morgan fingerprint density at radius 1 is 1.03 bits per heavy atom. The number of ether oxygens (including phenoxy) is 3. The highest BCUT2D eigenvalue weighted by molar-refractivity contribution is 6.06. The Morgan fingerprint density at radius 2 is 1.72 bits per heavy atom. The predicted octanol–water partition coefficient (Wildman–Crippen LogP) is 2.60. The standard InChI is InChI=1S/C21H25N3O5/c1-27-16-6-10-24(11-7-16)21(26)15-12-17(19(29-3)18(13-15)28-2)23-20(25)14-4-8-22-9-5-14/h4-5,8-9,12-13,16H,6-7,10-11H2,1-3H3,(H,23,25). The molecular weight excluding hydrogens is 374 g/mol. The largest absolute Gasteiger partial charge is 0.493 e. The summed E-state index contributed by atoms with van der Waals surface area (Å²) in [7, 11) is 4.66. The van der Waals surface area contributed by atoms with Crippen LogP contribution < -0.4 is 14.8 Å². The minimum absolute atomic E-state index is 0.125. The molecule has 29 heavy (non-hydrogen) atoms. The Balaban J connectivity index is 1.88. The van der Waals surface area contributed by atoms with Crippen molar-refractivity contribution >= 4 is 17.5 Å². The monoisotopic (exact) mass is 399 g/mol. The van der Waals surface area contributed by atoms with Gasteiger partial charge in [-0.3, -0.25) is 14.6 Å².